The van der Waals surface area contributed by atoms with E-state index in [4.69, 9.17) is 0 Å². The summed E-state index contributed by atoms with van der Waals surface area (Å²) < 4.78 is 0. The van der Waals surface area contributed by atoms with Crippen LogP contribution in [0.5, 0.6) is 0 Å². The van der Waals surface area contributed by atoms with Gasteiger partial charge in [0, 0.05) is 12.4 Å². The van der Waals surface area contributed by atoms with Gasteiger partial charge in [-0.25, -0.2) is 0 Å². The predicted octanol–water partition coefficient (Wildman–Crippen LogP) is 3.87. The number of pyridine rings is 1. The lowest BCUT2D eigenvalue weighted by Crippen LogP contribution is -2.09. The van der Waals surface area contributed by atoms with Gasteiger partial charge in [-0.1, -0.05) is 40.7 Å². The minimum absolute atomic E-state index is 0.345. The molecular weight excluding hydrogens is 182 g/mol. The molecule has 1 nitrogen and oxygen atoms in total. The molecule has 0 bridgehead atoms. The quantitative estimate of drug-likeness (QED) is 0.730. The van der Waals surface area contributed by atoms with E-state index in [9.17, 15) is 0 Å². The summed E-state index contributed by atoms with van der Waals surface area (Å²) in [5.41, 5.74) is 3.07. The first-order valence-electron chi connectivity index (χ1n) is 5.79. The van der Waals surface area contributed by atoms with Crippen LogP contribution in [-0.4, -0.2) is 4.98 Å². The van der Waals surface area contributed by atoms with Crippen molar-refractivity contribution in [3.63, 3.8) is 0 Å². The van der Waals surface area contributed by atoms with Gasteiger partial charge in [0.15, 0.2) is 0 Å². The van der Waals surface area contributed by atoms with Crippen molar-refractivity contribution in [2.45, 2.75) is 47.5 Å². The molecule has 0 amide bonds. The third-order valence-electron chi connectivity index (χ3n) is 2.23. The van der Waals surface area contributed by atoms with Crippen LogP contribution in [0.2, 0.25) is 0 Å². The monoisotopic (exact) mass is 205 g/mol. The largest absolute Gasteiger partial charge is 0.264 e. The lowest BCUT2D eigenvalue weighted by molar-refractivity contribution is 0.410. The van der Waals surface area contributed by atoms with Gasteiger partial charge in [-0.3, -0.25) is 4.98 Å². The number of nitrogens with zero attached hydrogens (tertiary/aromatic N) is 1. The van der Waals surface area contributed by atoms with Crippen LogP contribution in [0.25, 0.3) is 0 Å². The molecule has 0 atom stereocenters. The Bertz CT molecular complexity index is 307. The highest BCUT2D eigenvalue weighted by Crippen LogP contribution is 2.21. The van der Waals surface area contributed by atoms with Gasteiger partial charge in [0.2, 0.25) is 0 Å². The standard InChI is InChI=1S/C14H23N/c1-11(2)6-12-7-13(10-15-9-12)8-14(3,4)5/h7,9-11H,6,8H2,1-5H3. The van der Waals surface area contributed by atoms with Crippen molar-refractivity contribution < 1.29 is 0 Å². The van der Waals surface area contributed by atoms with Crippen LogP contribution >= 0.6 is 0 Å². The first-order chi connectivity index (χ1) is 6.87. The maximum absolute atomic E-state index is 4.32. The second kappa shape index (κ2) is 4.78. The smallest absolute Gasteiger partial charge is 0.0300 e. The van der Waals surface area contributed by atoms with Crippen LogP contribution in [0, 0.1) is 11.3 Å². The van der Waals surface area contributed by atoms with Gasteiger partial charge >= 0.3 is 0 Å². The van der Waals surface area contributed by atoms with E-state index in [1.807, 2.05) is 12.4 Å². The summed E-state index contributed by atoms with van der Waals surface area (Å²) in [5.74, 6) is 0.705. The summed E-state index contributed by atoms with van der Waals surface area (Å²) in [6, 6.07) is 2.30. The van der Waals surface area contributed by atoms with E-state index < -0.39 is 0 Å². The minimum Gasteiger partial charge on any atom is -0.264 e. The molecule has 1 heteroatoms. The topological polar surface area (TPSA) is 12.9 Å². The van der Waals surface area contributed by atoms with Crippen molar-refractivity contribution in [3.8, 4) is 0 Å². The SMILES string of the molecule is CC(C)Cc1cncc(CC(C)(C)C)c1. The van der Waals surface area contributed by atoms with Crippen molar-refractivity contribution in [2.24, 2.45) is 11.3 Å². The van der Waals surface area contributed by atoms with E-state index in [2.05, 4.69) is 45.7 Å². The van der Waals surface area contributed by atoms with E-state index in [1.54, 1.807) is 0 Å². The molecule has 0 aromatic carbocycles. The normalized spacial score (nSPS) is 12.1. The van der Waals surface area contributed by atoms with Gasteiger partial charge in [-0.05, 0) is 35.3 Å². The molecule has 0 aliphatic heterocycles. The zero-order chi connectivity index (χ0) is 11.5. The summed E-state index contributed by atoms with van der Waals surface area (Å²) in [6.45, 7) is 11.3. The Morgan fingerprint density at radius 1 is 1.13 bits per heavy atom. The van der Waals surface area contributed by atoms with Crippen LogP contribution < -0.4 is 0 Å². The van der Waals surface area contributed by atoms with Crippen LogP contribution in [0.3, 0.4) is 0 Å². The summed E-state index contributed by atoms with van der Waals surface area (Å²) in [4.78, 5) is 4.32. The molecule has 0 saturated heterocycles. The molecule has 1 heterocycles. The van der Waals surface area contributed by atoms with Gasteiger partial charge in [0.05, 0.1) is 0 Å². The van der Waals surface area contributed by atoms with E-state index >= 15 is 0 Å². The number of aromatic nitrogens is 1. The van der Waals surface area contributed by atoms with Crippen LogP contribution in [0.1, 0.15) is 45.7 Å². The summed E-state index contributed by atoms with van der Waals surface area (Å²) in [6.07, 6.45) is 6.22. The maximum atomic E-state index is 4.32. The van der Waals surface area contributed by atoms with Crippen LogP contribution in [0.15, 0.2) is 18.5 Å². The fourth-order valence-corrected chi connectivity index (χ4v) is 1.83. The molecule has 84 valence electrons. The van der Waals surface area contributed by atoms with Crippen molar-refractivity contribution in [2.75, 3.05) is 0 Å². The fraction of sp³-hybridized carbons (Fsp3) is 0.643. The third kappa shape index (κ3) is 4.96. The van der Waals surface area contributed by atoms with Gasteiger partial charge in [-0.2, -0.15) is 0 Å². The molecule has 0 unspecified atom stereocenters. The molecule has 15 heavy (non-hydrogen) atoms. The molecule has 0 aliphatic rings. The summed E-state index contributed by atoms with van der Waals surface area (Å²) in [5, 5.41) is 0. The Hall–Kier alpha value is -0.850. The zero-order valence-electron chi connectivity index (χ0n) is 10.7. The molecule has 0 aliphatic carbocycles. The highest BCUT2D eigenvalue weighted by Gasteiger charge is 2.11. The molecule has 0 N–H and O–H groups in total. The molecule has 0 spiro atoms. The Labute approximate surface area is 93.9 Å². The van der Waals surface area contributed by atoms with E-state index in [0.717, 1.165) is 12.8 Å². The Morgan fingerprint density at radius 2 is 1.73 bits per heavy atom. The van der Waals surface area contributed by atoms with Crippen LogP contribution in [-0.2, 0) is 12.8 Å². The lowest BCUT2D eigenvalue weighted by Gasteiger charge is -2.18. The minimum atomic E-state index is 0.345. The highest BCUT2D eigenvalue weighted by atomic mass is 14.6. The summed E-state index contributed by atoms with van der Waals surface area (Å²) >= 11 is 0. The predicted molar refractivity (Wildman–Crippen MR) is 65.9 cm³/mol. The molecule has 1 rings (SSSR count). The van der Waals surface area contributed by atoms with E-state index in [-0.39, 0.29) is 0 Å². The second-order valence-electron chi connectivity index (χ2n) is 6.04. The molecule has 0 saturated carbocycles. The fourth-order valence-electron chi connectivity index (χ4n) is 1.83. The second-order valence-corrected chi connectivity index (χ2v) is 6.04. The molecular formula is C14H23N. The van der Waals surface area contributed by atoms with E-state index in [0.29, 0.717) is 11.3 Å². The third-order valence-corrected chi connectivity index (χ3v) is 2.23. The Kier molecular flexibility index (Phi) is 3.90. The summed E-state index contributed by atoms with van der Waals surface area (Å²) in [7, 11) is 0. The molecule has 0 radical (unpaired) electrons. The van der Waals surface area contributed by atoms with Gasteiger partial charge in [-0.15, -0.1) is 0 Å². The van der Waals surface area contributed by atoms with Crippen molar-refractivity contribution in [3.05, 3.63) is 29.6 Å². The first-order valence-corrected chi connectivity index (χ1v) is 5.79. The molecule has 1 aromatic heterocycles. The first kappa shape index (κ1) is 12.2. The lowest BCUT2D eigenvalue weighted by atomic mass is 9.88. The average molecular weight is 205 g/mol. The zero-order valence-corrected chi connectivity index (χ0v) is 10.7. The Morgan fingerprint density at radius 3 is 2.27 bits per heavy atom. The average Bonchev–Trinajstić information content (AvgIpc) is 1.99. The number of hydrogen-bond acceptors (Lipinski definition) is 1. The molecule has 1 aromatic rings. The van der Waals surface area contributed by atoms with Crippen molar-refractivity contribution in [1.29, 1.82) is 0 Å². The Balaban J connectivity index is 2.74. The van der Waals surface area contributed by atoms with Crippen molar-refractivity contribution >= 4 is 0 Å². The molecule has 0 fully saturated rings. The van der Waals surface area contributed by atoms with E-state index in [1.165, 1.54) is 11.1 Å². The van der Waals surface area contributed by atoms with Gasteiger partial charge in [0.25, 0.3) is 0 Å². The van der Waals surface area contributed by atoms with Gasteiger partial charge in [0.1, 0.15) is 0 Å². The van der Waals surface area contributed by atoms with Gasteiger partial charge < -0.3 is 0 Å². The van der Waals surface area contributed by atoms with Crippen molar-refractivity contribution in [1.82, 2.24) is 4.98 Å². The van der Waals surface area contributed by atoms with Crippen LogP contribution in [0.4, 0.5) is 0 Å². The number of hydrogen-bond donors (Lipinski definition) is 0. The number of rotatable bonds is 3. The highest BCUT2D eigenvalue weighted by molar-refractivity contribution is 5.19. The maximum Gasteiger partial charge on any atom is 0.0300 e.